The molecule has 2 aromatic rings. The zero-order chi connectivity index (χ0) is 19.9. The van der Waals surface area contributed by atoms with E-state index in [0.29, 0.717) is 5.92 Å². The first-order valence-electron chi connectivity index (χ1n) is 8.66. The molecule has 1 saturated carbocycles. The number of rotatable bonds is 4. The number of aromatic nitrogens is 2. The fourth-order valence-electron chi connectivity index (χ4n) is 3.08. The van der Waals surface area contributed by atoms with Crippen LogP contribution in [0.2, 0.25) is 0 Å². The molecular formula is C19H20F3N3O2. The topological polar surface area (TPSA) is 55.2 Å². The van der Waals surface area contributed by atoms with E-state index < -0.39 is 23.1 Å². The van der Waals surface area contributed by atoms with Crippen molar-refractivity contribution in [2.24, 2.45) is 5.92 Å². The van der Waals surface area contributed by atoms with Crippen LogP contribution in [0, 0.1) is 12.8 Å². The van der Waals surface area contributed by atoms with Gasteiger partial charge >= 0.3 is 6.18 Å². The third-order valence-electron chi connectivity index (χ3n) is 4.98. The van der Waals surface area contributed by atoms with Crippen LogP contribution in [0.3, 0.4) is 0 Å². The van der Waals surface area contributed by atoms with Crippen LogP contribution in [0.15, 0.2) is 35.1 Å². The van der Waals surface area contributed by atoms with Gasteiger partial charge in [-0.3, -0.25) is 9.59 Å². The van der Waals surface area contributed by atoms with E-state index in [-0.39, 0.29) is 23.1 Å². The Bertz CT molecular complexity index is 933. The smallest absolute Gasteiger partial charge is 0.337 e. The Labute approximate surface area is 154 Å². The standard InChI is InChI=1S/C19H20F3N3O2/c1-11-10-16(26)17(18(27)24(3)12(2)13-8-9-13)23-25(11)15-7-5-4-6-14(15)19(20,21)22/h4-7,10,12-13H,8-9H2,1-3H3. The predicted molar refractivity (Wildman–Crippen MR) is 93.9 cm³/mol. The number of carbonyl (C=O) groups is 1. The van der Waals surface area contributed by atoms with E-state index in [0.717, 1.165) is 29.7 Å². The molecule has 5 nitrogen and oxygen atoms in total. The number of benzene rings is 1. The average molecular weight is 379 g/mol. The molecule has 1 fully saturated rings. The molecule has 1 unspecified atom stereocenters. The summed E-state index contributed by atoms with van der Waals surface area (Å²) in [7, 11) is 1.58. The predicted octanol–water partition coefficient (Wildman–Crippen LogP) is 3.43. The monoisotopic (exact) mass is 379 g/mol. The number of nitrogens with zero attached hydrogens (tertiary/aromatic N) is 3. The zero-order valence-corrected chi connectivity index (χ0v) is 15.2. The Morgan fingerprint density at radius 2 is 1.93 bits per heavy atom. The van der Waals surface area contributed by atoms with Crippen molar-refractivity contribution in [2.45, 2.75) is 38.9 Å². The number of hydrogen-bond acceptors (Lipinski definition) is 3. The molecule has 0 aliphatic heterocycles. The number of halogens is 3. The minimum Gasteiger partial charge on any atom is -0.337 e. The second-order valence-corrected chi connectivity index (χ2v) is 6.92. The van der Waals surface area contributed by atoms with Gasteiger partial charge in [-0.1, -0.05) is 12.1 Å². The highest BCUT2D eigenvalue weighted by Gasteiger charge is 2.36. The first-order chi connectivity index (χ1) is 12.6. The van der Waals surface area contributed by atoms with E-state index in [4.69, 9.17) is 0 Å². The molecule has 0 bridgehead atoms. The lowest BCUT2D eigenvalue weighted by atomic mass is 10.1. The molecular weight excluding hydrogens is 359 g/mol. The molecule has 27 heavy (non-hydrogen) atoms. The highest BCUT2D eigenvalue weighted by atomic mass is 19.4. The molecule has 1 amide bonds. The summed E-state index contributed by atoms with van der Waals surface area (Å²) in [6.07, 6.45) is -2.55. The molecule has 1 aliphatic rings. The van der Waals surface area contributed by atoms with Crippen LogP contribution in [-0.2, 0) is 6.18 Å². The summed E-state index contributed by atoms with van der Waals surface area (Å²) in [5.41, 5.74) is -1.89. The highest BCUT2D eigenvalue weighted by Crippen LogP contribution is 2.35. The highest BCUT2D eigenvalue weighted by molar-refractivity contribution is 5.92. The maximum Gasteiger partial charge on any atom is 0.418 e. The number of aryl methyl sites for hydroxylation is 1. The van der Waals surface area contributed by atoms with Gasteiger partial charge in [0.15, 0.2) is 5.69 Å². The molecule has 1 heterocycles. The van der Waals surface area contributed by atoms with Gasteiger partial charge in [-0.15, -0.1) is 0 Å². The molecule has 1 aliphatic carbocycles. The third-order valence-corrected chi connectivity index (χ3v) is 4.98. The quantitative estimate of drug-likeness (QED) is 0.818. The molecule has 0 radical (unpaired) electrons. The lowest BCUT2D eigenvalue weighted by Crippen LogP contribution is -2.40. The van der Waals surface area contributed by atoms with Gasteiger partial charge in [-0.25, -0.2) is 4.68 Å². The lowest BCUT2D eigenvalue weighted by molar-refractivity contribution is -0.137. The fraction of sp³-hybridized carbons (Fsp3) is 0.421. The largest absolute Gasteiger partial charge is 0.418 e. The Hall–Kier alpha value is -2.64. The maximum absolute atomic E-state index is 13.4. The minimum atomic E-state index is -4.59. The normalized spacial score (nSPS) is 15.5. The van der Waals surface area contributed by atoms with Crippen LogP contribution in [0.25, 0.3) is 5.69 Å². The molecule has 1 atom stereocenters. The molecule has 8 heteroatoms. The van der Waals surface area contributed by atoms with Crippen molar-refractivity contribution >= 4 is 5.91 Å². The van der Waals surface area contributed by atoms with E-state index in [2.05, 4.69) is 5.10 Å². The van der Waals surface area contributed by atoms with Crippen LogP contribution < -0.4 is 5.43 Å². The van der Waals surface area contributed by atoms with Gasteiger partial charge in [0.1, 0.15) is 0 Å². The zero-order valence-electron chi connectivity index (χ0n) is 15.2. The maximum atomic E-state index is 13.4. The molecule has 144 valence electrons. The number of hydrogen-bond donors (Lipinski definition) is 0. The summed E-state index contributed by atoms with van der Waals surface area (Å²) < 4.78 is 41.1. The summed E-state index contributed by atoms with van der Waals surface area (Å²) in [4.78, 5) is 26.5. The van der Waals surface area contributed by atoms with Gasteiger partial charge in [0.25, 0.3) is 5.91 Å². The van der Waals surface area contributed by atoms with Crippen molar-refractivity contribution in [3.8, 4) is 5.69 Å². The Balaban J connectivity index is 2.08. The third kappa shape index (κ3) is 3.74. The van der Waals surface area contributed by atoms with Gasteiger partial charge in [-0.2, -0.15) is 18.3 Å². The minimum absolute atomic E-state index is 0.0593. The summed E-state index contributed by atoms with van der Waals surface area (Å²) in [6, 6.07) is 6.02. The van der Waals surface area contributed by atoms with Crippen molar-refractivity contribution in [2.75, 3.05) is 7.05 Å². The van der Waals surface area contributed by atoms with Crippen molar-refractivity contribution in [3.05, 3.63) is 57.5 Å². The van der Waals surface area contributed by atoms with E-state index in [9.17, 15) is 22.8 Å². The van der Waals surface area contributed by atoms with Gasteiger partial charge in [0.05, 0.1) is 11.3 Å². The number of amides is 1. The van der Waals surface area contributed by atoms with Crippen molar-refractivity contribution in [1.29, 1.82) is 0 Å². The van der Waals surface area contributed by atoms with Crippen LogP contribution in [0.5, 0.6) is 0 Å². The second-order valence-electron chi connectivity index (χ2n) is 6.92. The van der Waals surface area contributed by atoms with Crippen LogP contribution in [0.1, 0.15) is 41.5 Å². The molecule has 0 spiro atoms. The molecule has 0 N–H and O–H groups in total. The lowest BCUT2D eigenvalue weighted by Gasteiger charge is -2.24. The van der Waals surface area contributed by atoms with Crippen LogP contribution in [0.4, 0.5) is 13.2 Å². The summed E-state index contributed by atoms with van der Waals surface area (Å²) in [5, 5.41) is 4.01. The van der Waals surface area contributed by atoms with Crippen molar-refractivity contribution < 1.29 is 18.0 Å². The van der Waals surface area contributed by atoms with E-state index in [1.807, 2.05) is 6.92 Å². The second kappa shape index (κ2) is 6.83. The van der Waals surface area contributed by atoms with Gasteiger partial charge < -0.3 is 4.90 Å². The first-order valence-corrected chi connectivity index (χ1v) is 8.66. The summed E-state index contributed by atoms with van der Waals surface area (Å²) >= 11 is 0. The van der Waals surface area contributed by atoms with Crippen molar-refractivity contribution in [1.82, 2.24) is 14.7 Å². The molecule has 1 aromatic carbocycles. The summed E-state index contributed by atoms with van der Waals surface area (Å²) in [5.74, 6) is -0.199. The Morgan fingerprint density at radius 1 is 1.30 bits per heavy atom. The fourth-order valence-corrected chi connectivity index (χ4v) is 3.08. The Morgan fingerprint density at radius 3 is 2.52 bits per heavy atom. The van der Waals surface area contributed by atoms with Gasteiger partial charge in [0.2, 0.25) is 5.43 Å². The molecule has 3 rings (SSSR count). The SMILES string of the molecule is Cc1cc(=O)c(C(=O)N(C)C(C)C2CC2)nn1-c1ccccc1C(F)(F)F. The van der Waals surface area contributed by atoms with E-state index in [1.165, 1.54) is 30.0 Å². The van der Waals surface area contributed by atoms with Crippen LogP contribution >= 0.6 is 0 Å². The summed E-state index contributed by atoms with van der Waals surface area (Å²) in [6.45, 7) is 3.37. The number of alkyl halides is 3. The van der Waals surface area contributed by atoms with Crippen LogP contribution in [-0.4, -0.2) is 33.7 Å². The van der Waals surface area contributed by atoms with E-state index in [1.54, 1.807) is 7.05 Å². The average Bonchev–Trinajstić information content (AvgIpc) is 3.44. The molecule has 0 saturated heterocycles. The first kappa shape index (κ1) is 19.1. The number of carbonyl (C=O) groups excluding carboxylic acids is 1. The van der Waals surface area contributed by atoms with Gasteiger partial charge in [-0.05, 0) is 44.7 Å². The van der Waals surface area contributed by atoms with E-state index >= 15 is 0 Å². The molecule has 1 aromatic heterocycles. The number of para-hydroxylation sites is 1. The van der Waals surface area contributed by atoms with Crippen molar-refractivity contribution in [3.63, 3.8) is 0 Å². The Kier molecular flexibility index (Phi) is 4.84. The van der Waals surface area contributed by atoms with Gasteiger partial charge in [0, 0.05) is 24.8 Å².